The van der Waals surface area contributed by atoms with Crippen molar-refractivity contribution >= 4 is 11.6 Å². The number of nitrogens with zero attached hydrogens (tertiary/aromatic N) is 1. The van der Waals surface area contributed by atoms with Gasteiger partial charge in [0, 0.05) is 18.8 Å². The number of aryl methyl sites for hydroxylation is 1. The maximum absolute atomic E-state index is 12.5. The van der Waals surface area contributed by atoms with E-state index in [1.807, 2.05) is 30.3 Å². The third-order valence-corrected chi connectivity index (χ3v) is 4.44. The Morgan fingerprint density at radius 2 is 1.87 bits per heavy atom. The summed E-state index contributed by atoms with van der Waals surface area (Å²) in [6, 6.07) is 18.4. The molecule has 1 aliphatic heterocycles. The minimum absolute atomic E-state index is 0.0782. The second-order valence-corrected chi connectivity index (χ2v) is 6.42. The molecule has 1 unspecified atom stereocenters. The van der Waals surface area contributed by atoms with Crippen LogP contribution in [0.1, 0.15) is 24.0 Å². The molecule has 2 aromatic rings. The monoisotopic (exact) mass is 308 g/mol. The molecule has 1 saturated heterocycles. The van der Waals surface area contributed by atoms with Crippen LogP contribution in [0, 0.1) is 12.8 Å². The van der Waals surface area contributed by atoms with Crippen molar-refractivity contribution < 1.29 is 4.79 Å². The van der Waals surface area contributed by atoms with Crippen molar-refractivity contribution in [1.29, 1.82) is 0 Å². The number of hydrogen-bond donors (Lipinski definition) is 1. The highest BCUT2D eigenvalue weighted by molar-refractivity contribution is 5.92. The predicted octanol–water partition coefficient (Wildman–Crippen LogP) is 3.85. The van der Waals surface area contributed by atoms with Gasteiger partial charge >= 0.3 is 0 Å². The van der Waals surface area contributed by atoms with Gasteiger partial charge in [0.25, 0.3) is 0 Å². The Morgan fingerprint density at radius 1 is 1.13 bits per heavy atom. The molecule has 1 amide bonds. The summed E-state index contributed by atoms with van der Waals surface area (Å²) >= 11 is 0. The number of carbonyl (C=O) groups is 1. The highest BCUT2D eigenvalue weighted by Gasteiger charge is 2.25. The van der Waals surface area contributed by atoms with Crippen LogP contribution in [-0.2, 0) is 11.3 Å². The van der Waals surface area contributed by atoms with Gasteiger partial charge in [0.05, 0.1) is 5.92 Å². The van der Waals surface area contributed by atoms with Crippen LogP contribution < -0.4 is 5.32 Å². The average Bonchev–Trinajstić information content (AvgIpc) is 2.58. The number of para-hydroxylation sites is 1. The van der Waals surface area contributed by atoms with Crippen molar-refractivity contribution in [3.05, 3.63) is 65.7 Å². The second kappa shape index (κ2) is 7.42. The van der Waals surface area contributed by atoms with Gasteiger partial charge in [-0.2, -0.15) is 0 Å². The number of nitrogens with one attached hydrogen (secondary N) is 1. The van der Waals surface area contributed by atoms with Gasteiger partial charge in [0.15, 0.2) is 0 Å². The van der Waals surface area contributed by atoms with Gasteiger partial charge in [-0.05, 0) is 44.0 Å². The van der Waals surface area contributed by atoms with Crippen molar-refractivity contribution in [1.82, 2.24) is 4.90 Å². The fourth-order valence-electron chi connectivity index (χ4n) is 3.13. The van der Waals surface area contributed by atoms with Crippen molar-refractivity contribution in [2.45, 2.75) is 26.3 Å². The summed E-state index contributed by atoms with van der Waals surface area (Å²) in [5.41, 5.74) is 3.49. The number of piperidine rings is 1. The Balaban J connectivity index is 1.57. The number of benzene rings is 2. The van der Waals surface area contributed by atoms with E-state index in [4.69, 9.17) is 0 Å². The highest BCUT2D eigenvalue weighted by atomic mass is 16.1. The van der Waals surface area contributed by atoms with E-state index in [1.165, 1.54) is 11.1 Å². The Bertz CT molecular complexity index is 636. The molecule has 120 valence electrons. The molecule has 0 aromatic heterocycles. The van der Waals surface area contributed by atoms with Crippen LogP contribution in [0.3, 0.4) is 0 Å². The van der Waals surface area contributed by atoms with E-state index in [0.29, 0.717) is 0 Å². The molecule has 3 heteroatoms. The van der Waals surface area contributed by atoms with E-state index in [9.17, 15) is 4.79 Å². The van der Waals surface area contributed by atoms with Gasteiger partial charge in [-0.3, -0.25) is 9.69 Å². The van der Waals surface area contributed by atoms with Crippen molar-refractivity contribution in [2.24, 2.45) is 5.92 Å². The average molecular weight is 308 g/mol. The molecule has 2 aromatic carbocycles. The summed E-state index contributed by atoms with van der Waals surface area (Å²) in [5.74, 6) is 0.221. The third-order valence-electron chi connectivity index (χ3n) is 4.44. The van der Waals surface area contributed by atoms with Crippen LogP contribution in [0.5, 0.6) is 0 Å². The van der Waals surface area contributed by atoms with E-state index in [1.54, 1.807) is 0 Å². The normalized spacial score (nSPS) is 18.6. The smallest absolute Gasteiger partial charge is 0.228 e. The quantitative estimate of drug-likeness (QED) is 0.930. The van der Waals surface area contributed by atoms with Gasteiger partial charge in [-0.1, -0.05) is 48.0 Å². The predicted molar refractivity (Wildman–Crippen MR) is 94.3 cm³/mol. The third kappa shape index (κ3) is 4.42. The Morgan fingerprint density at radius 3 is 2.61 bits per heavy atom. The molecule has 0 saturated carbocycles. The van der Waals surface area contributed by atoms with Crippen LogP contribution in [0.2, 0.25) is 0 Å². The van der Waals surface area contributed by atoms with Crippen molar-refractivity contribution in [3.63, 3.8) is 0 Å². The first kappa shape index (κ1) is 15.8. The topological polar surface area (TPSA) is 32.3 Å². The lowest BCUT2D eigenvalue weighted by Crippen LogP contribution is -2.40. The van der Waals surface area contributed by atoms with E-state index in [2.05, 4.69) is 41.4 Å². The summed E-state index contributed by atoms with van der Waals surface area (Å²) in [6.07, 6.45) is 2.06. The maximum atomic E-state index is 12.5. The molecule has 1 fully saturated rings. The van der Waals surface area contributed by atoms with Crippen LogP contribution in [0.4, 0.5) is 5.69 Å². The van der Waals surface area contributed by atoms with Gasteiger partial charge in [-0.25, -0.2) is 0 Å². The first-order chi connectivity index (χ1) is 11.2. The second-order valence-electron chi connectivity index (χ2n) is 6.42. The maximum Gasteiger partial charge on any atom is 0.228 e. The molecule has 1 N–H and O–H groups in total. The summed E-state index contributed by atoms with van der Waals surface area (Å²) in [4.78, 5) is 14.9. The summed E-state index contributed by atoms with van der Waals surface area (Å²) in [5, 5.41) is 3.04. The molecular formula is C20H24N2O. The van der Waals surface area contributed by atoms with Gasteiger partial charge in [-0.15, -0.1) is 0 Å². The molecule has 0 aliphatic carbocycles. The number of anilines is 1. The minimum Gasteiger partial charge on any atom is -0.326 e. The largest absolute Gasteiger partial charge is 0.326 e. The lowest BCUT2D eigenvalue weighted by Gasteiger charge is -2.32. The number of amides is 1. The Kier molecular flexibility index (Phi) is 5.09. The summed E-state index contributed by atoms with van der Waals surface area (Å²) in [6.45, 7) is 4.94. The summed E-state index contributed by atoms with van der Waals surface area (Å²) in [7, 11) is 0. The van der Waals surface area contributed by atoms with Crippen molar-refractivity contribution in [3.8, 4) is 0 Å². The Hall–Kier alpha value is -2.13. The number of likely N-dealkylation sites (tertiary alicyclic amines) is 1. The molecule has 1 atom stereocenters. The zero-order chi connectivity index (χ0) is 16.1. The fraction of sp³-hybridized carbons (Fsp3) is 0.350. The lowest BCUT2D eigenvalue weighted by atomic mass is 9.96. The van der Waals surface area contributed by atoms with Gasteiger partial charge in [0.2, 0.25) is 5.91 Å². The van der Waals surface area contributed by atoms with Crippen LogP contribution in [0.15, 0.2) is 54.6 Å². The van der Waals surface area contributed by atoms with Crippen LogP contribution in [0.25, 0.3) is 0 Å². The molecule has 23 heavy (non-hydrogen) atoms. The number of carbonyl (C=O) groups excluding carboxylic acids is 1. The molecule has 1 aliphatic rings. The molecule has 3 nitrogen and oxygen atoms in total. The standard InChI is InChI=1S/C20H24N2O/c1-16-9-11-17(12-10-16)14-22-13-5-6-18(15-22)20(23)21-19-7-3-2-4-8-19/h2-4,7-12,18H,5-6,13-15H2,1H3,(H,21,23). The zero-order valence-electron chi connectivity index (χ0n) is 13.7. The zero-order valence-corrected chi connectivity index (χ0v) is 13.7. The van der Waals surface area contributed by atoms with Crippen LogP contribution >= 0.6 is 0 Å². The van der Waals surface area contributed by atoms with Crippen molar-refractivity contribution in [2.75, 3.05) is 18.4 Å². The molecule has 0 radical (unpaired) electrons. The van der Waals surface area contributed by atoms with E-state index in [0.717, 1.165) is 38.2 Å². The first-order valence-electron chi connectivity index (χ1n) is 8.34. The van der Waals surface area contributed by atoms with E-state index < -0.39 is 0 Å². The SMILES string of the molecule is Cc1ccc(CN2CCCC(C(=O)Nc3ccccc3)C2)cc1. The molecular weight excluding hydrogens is 284 g/mol. The molecule has 0 spiro atoms. The summed E-state index contributed by atoms with van der Waals surface area (Å²) < 4.78 is 0. The fourth-order valence-corrected chi connectivity index (χ4v) is 3.13. The lowest BCUT2D eigenvalue weighted by molar-refractivity contribution is -0.121. The molecule has 0 bridgehead atoms. The van der Waals surface area contributed by atoms with E-state index >= 15 is 0 Å². The van der Waals surface area contributed by atoms with Crippen LogP contribution in [-0.4, -0.2) is 23.9 Å². The first-order valence-corrected chi connectivity index (χ1v) is 8.34. The molecule has 1 heterocycles. The number of rotatable bonds is 4. The van der Waals surface area contributed by atoms with E-state index in [-0.39, 0.29) is 11.8 Å². The Labute approximate surface area is 138 Å². The molecule has 3 rings (SSSR count). The minimum atomic E-state index is 0.0782. The highest BCUT2D eigenvalue weighted by Crippen LogP contribution is 2.20. The number of hydrogen-bond acceptors (Lipinski definition) is 2. The van der Waals surface area contributed by atoms with Gasteiger partial charge in [0.1, 0.15) is 0 Å². The van der Waals surface area contributed by atoms with Gasteiger partial charge < -0.3 is 5.32 Å².